The smallest absolute Gasteiger partial charge is 0.0865 e. The summed E-state index contributed by atoms with van der Waals surface area (Å²) in [6, 6.07) is 4.00. The Hall–Kier alpha value is -1.26. The first kappa shape index (κ1) is 11.2. The van der Waals surface area contributed by atoms with Crippen LogP contribution in [0.5, 0.6) is 0 Å². The van der Waals surface area contributed by atoms with Gasteiger partial charge in [-0.25, -0.2) is 0 Å². The predicted octanol–water partition coefficient (Wildman–Crippen LogP) is 1.69. The van der Waals surface area contributed by atoms with Crippen LogP contribution in [0.15, 0.2) is 18.3 Å². The maximum absolute atomic E-state index is 6.20. The minimum Gasteiger partial charge on any atom is -0.344 e. The van der Waals surface area contributed by atoms with Gasteiger partial charge in [-0.1, -0.05) is 11.6 Å². The molecule has 2 heterocycles. The molecule has 5 heteroatoms. The number of hydrogen-bond acceptors (Lipinski definition) is 2. The van der Waals surface area contributed by atoms with Gasteiger partial charge in [0.05, 0.1) is 23.0 Å². The van der Waals surface area contributed by atoms with Crippen molar-refractivity contribution in [3.63, 3.8) is 0 Å². The number of aryl methyl sites for hydroxylation is 2. The number of rotatable bonds is 3. The molecule has 86 valence electrons. The summed E-state index contributed by atoms with van der Waals surface area (Å²) in [4.78, 5) is 0. The Morgan fingerprint density at radius 3 is 2.81 bits per heavy atom. The van der Waals surface area contributed by atoms with Gasteiger partial charge in [-0.2, -0.15) is 5.10 Å². The van der Waals surface area contributed by atoms with E-state index in [1.807, 2.05) is 37.0 Å². The molecular formula is C11H15ClN4. The highest BCUT2D eigenvalue weighted by Gasteiger charge is 2.12. The van der Waals surface area contributed by atoms with Crippen LogP contribution in [0.2, 0.25) is 5.02 Å². The highest BCUT2D eigenvalue weighted by molar-refractivity contribution is 6.31. The number of hydrogen-bond donors (Lipinski definition) is 1. The van der Waals surface area contributed by atoms with E-state index < -0.39 is 0 Å². The van der Waals surface area contributed by atoms with Crippen molar-refractivity contribution in [1.82, 2.24) is 14.3 Å². The fraction of sp³-hybridized carbons (Fsp3) is 0.364. The zero-order valence-corrected chi connectivity index (χ0v) is 10.2. The number of nitrogens with zero attached hydrogens (tertiary/aromatic N) is 3. The van der Waals surface area contributed by atoms with E-state index in [-0.39, 0.29) is 0 Å². The molecule has 0 radical (unpaired) electrons. The minimum atomic E-state index is 0.529. The molecule has 16 heavy (non-hydrogen) atoms. The highest BCUT2D eigenvalue weighted by atomic mass is 35.5. The fourth-order valence-electron chi connectivity index (χ4n) is 1.80. The van der Waals surface area contributed by atoms with E-state index in [1.54, 1.807) is 0 Å². The largest absolute Gasteiger partial charge is 0.344 e. The first-order valence-corrected chi connectivity index (χ1v) is 5.53. The molecule has 0 spiro atoms. The molecule has 0 saturated carbocycles. The van der Waals surface area contributed by atoms with Crippen LogP contribution >= 0.6 is 11.6 Å². The van der Waals surface area contributed by atoms with Gasteiger partial charge < -0.3 is 10.3 Å². The summed E-state index contributed by atoms with van der Waals surface area (Å²) in [5, 5.41) is 5.02. The summed E-state index contributed by atoms with van der Waals surface area (Å²) in [5.74, 6) is 0. The van der Waals surface area contributed by atoms with Crippen molar-refractivity contribution in [3.05, 3.63) is 40.4 Å². The lowest BCUT2D eigenvalue weighted by Crippen LogP contribution is -2.10. The topological polar surface area (TPSA) is 48.8 Å². The summed E-state index contributed by atoms with van der Waals surface area (Å²) in [7, 11) is 1.90. The van der Waals surface area contributed by atoms with Crippen molar-refractivity contribution < 1.29 is 0 Å². The quantitative estimate of drug-likeness (QED) is 0.885. The van der Waals surface area contributed by atoms with Gasteiger partial charge in [0, 0.05) is 25.5 Å². The van der Waals surface area contributed by atoms with Crippen molar-refractivity contribution in [3.8, 4) is 0 Å². The van der Waals surface area contributed by atoms with E-state index in [9.17, 15) is 0 Å². The van der Waals surface area contributed by atoms with Gasteiger partial charge in [-0.3, -0.25) is 4.68 Å². The molecule has 0 aliphatic heterocycles. The molecule has 2 rings (SSSR count). The first-order valence-electron chi connectivity index (χ1n) is 5.15. The van der Waals surface area contributed by atoms with Gasteiger partial charge >= 0.3 is 0 Å². The zero-order valence-electron chi connectivity index (χ0n) is 9.44. The van der Waals surface area contributed by atoms with Crippen LogP contribution in [0, 0.1) is 6.92 Å². The van der Waals surface area contributed by atoms with Crippen LogP contribution in [0.1, 0.15) is 17.1 Å². The molecule has 2 N–H and O–H groups in total. The molecule has 0 unspecified atom stereocenters. The van der Waals surface area contributed by atoms with Gasteiger partial charge in [0.1, 0.15) is 0 Å². The summed E-state index contributed by atoms with van der Waals surface area (Å²) in [6.07, 6.45) is 2.00. The van der Waals surface area contributed by atoms with Crippen molar-refractivity contribution in [2.45, 2.75) is 20.0 Å². The number of halogens is 1. The van der Waals surface area contributed by atoms with Gasteiger partial charge in [-0.05, 0) is 19.1 Å². The van der Waals surface area contributed by atoms with Gasteiger partial charge in [0.2, 0.25) is 0 Å². The van der Waals surface area contributed by atoms with Crippen LogP contribution < -0.4 is 5.73 Å². The van der Waals surface area contributed by atoms with Crippen LogP contribution in [-0.2, 0) is 20.1 Å². The predicted molar refractivity (Wildman–Crippen MR) is 64.4 cm³/mol. The fourth-order valence-corrected chi connectivity index (χ4v) is 2.02. The second-order valence-corrected chi connectivity index (χ2v) is 4.18. The van der Waals surface area contributed by atoms with E-state index in [1.165, 1.54) is 0 Å². The van der Waals surface area contributed by atoms with Crippen molar-refractivity contribution in [2.75, 3.05) is 0 Å². The molecule has 0 aromatic carbocycles. The number of nitrogens with two attached hydrogens (primary N) is 1. The zero-order chi connectivity index (χ0) is 11.7. The molecular weight excluding hydrogens is 224 g/mol. The first-order chi connectivity index (χ1) is 7.63. The Morgan fingerprint density at radius 2 is 2.25 bits per heavy atom. The third-order valence-electron chi connectivity index (χ3n) is 2.71. The number of aromatic nitrogens is 3. The van der Waals surface area contributed by atoms with Crippen molar-refractivity contribution in [1.29, 1.82) is 0 Å². The summed E-state index contributed by atoms with van der Waals surface area (Å²) in [5.41, 5.74) is 8.61. The van der Waals surface area contributed by atoms with Gasteiger partial charge in [0.25, 0.3) is 0 Å². The molecule has 2 aromatic rings. The van der Waals surface area contributed by atoms with Crippen LogP contribution in [-0.4, -0.2) is 14.3 Å². The third kappa shape index (κ3) is 1.86. The average Bonchev–Trinajstić information content (AvgIpc) is 2.79. The maximum atomic E-state index is 6.20. The molecule has 0 bridgehead atoms. The molecule has 0 fully saturated rings. The lowest BCUT2D eigenvalue weighted by molar-refractivity contribution is 0.649. The molecule has 4 nitrogen and oxygen atoms in total. The average molecular weight is 239 g/mol. The molecule has 2 aromatic heterocycles. The Labute approximate surface area is 99.6 Å². The maximum Gasteiger partial charge on any atom is 0.0865 e. The Balaban J connectivity index is 2.34. The highest BCUT2D eigenvalue weighted by Crippen LogP contribution is 2.20. The summed E-state index contributed by atoms with van der Waals surface area (Å²) in [6.45, 7) is 3.14. The van der Waals surface area contributed by atoms with Crippen molar-refractivity contribution >= 4 is 11.6 Å². The molecule has 0 atom stereocenters. The van der Waals surface area contributed by atoms with Crippen LogP contribution in [0.25, 0.3) is 0 Å². The van der Waals surface area contributed by atoms with Crippen molar-refractivity contribution in [2.24, 2.45) is 12.8 Å². The lowest BCUT2D eigenvalue weighted by atomic mass is 10.3. The molecule has 0 aliphatic carbocycles. The molecule has 0 aliphatic rings. The summed E-state index contributed by atoms with van der Waals surface area (Å²) >= 11 is 6.20. The van der Waals surface area contributed by atoms with E-state index in [0.717, 1.165) is 22.1 Å². The van der Waals surface area contributed by atoms with E-state index in [0.29, 0.717) is 13.1 Å². The van der Waals surface area contributed by atoms with E-state index in [2.05, 4.69) is 9.67 Å². The minimum absolute atomic E-state index is 0.529. The van der Waals surface area contributed by atoms with Crippen LogP contribution in [0.4, 0.5) is 0 Å². The monoisotopic (exact) mass is 238 g/mol. The second kappa shape index (κ2) is 4.31. The lowest BCUT2D eigenvalue weighted by Gasteiger charge is -2.08. The normalized spacial score (nSPS) is 11.0. The Morgan fingerprint density at radius 1 is 1.50 bits per heavy atom. The third-order valence-corrected chi connectivity index (χ3v) is 3.21. The van der Waals surface area contributed by atoms with Crippen LogP contribution in [0.3, 0.4) is 0 Å². The van der Waals surface area contributed by atoms with Gasteiger partial charge in [0.15, 0.2) is 0 Å². The SMILES string of the molecule is Cc1nn(C)c(Cn2cccc2CN)c1Cl. The molecule has 0 saturated heterocycles. The van der Waals surface area contributed by atoms with Gasteiger partial charge in [-0.15, -0.1) is 0 Å². The second-order valence-electron chi connectivity index (χ2n) is 3.80. The standard InChI is InChI=1S/C11H15ClN4/c1-8-11(12)10(15(2)14-8)7-16-5-3-4-9(16)6-13/h3-5H,6-7,13H2,1-2H3. The van der Waals surface area contributed by atoms with E-state index >= 15 is 0 Å². The molecule has 0 amide bonds. The Kier molecular flexibility index (Phi) is 3.03. The van der Waals surface area contributed by atoms with E-state index in [4.69, 9.17) is 17.3 Å². The summed E-state index contributed by atoms with van der Waals surface area (Å²) < 4.78 is 3.90. The Bertz CT molecular complexity index is 498.